The van der Waals surface area contributed by atoms with Crippen LogP contribution in [0.1, 0.15) is 57.5 Å². The largest absolute Gasteiger partial charge is 0.468 e. The Morgan fingerprint density at radius 2 is 1.75 bits per heavy atom. The molecule has 2 rings (SSSR count). The van der Waals surface area contributed by atoms with Gasteiger partial charge >= 0.3 is 0 Å². The second kappa shape index (κ2) is 6.27. The predicted molar refractivity (Wildman–Crippen MR) is 83.5 cm³/mol. The molecule has 0 aliphatic carbocycles. The minimum Gasteiger partial charge on any atom is -0.468 e. The van der Waals surface area contributed by atoms with Gasteiger partial charge in [0.05, 0.1) is 12.3 Å². The summed E-state index contributed by atoms with van der Waals surface area (Å²) in [5.74, 6) is 0.986. The first-order chi connectivity index (χ1) is 9.46. The maximum absolute atomic E-state index is 5.50. The molecule has 0 amide bonds. The van der Waals surface area contributed by atoms with Crippen LogP contribution in [0.5, 0.6) is 0 Å². The summed E-state index contributed by atoms with van der Waals surface area (Å²) in [5, 5.41) is 3.70. The first kappa shape index (κ1) is 14.9. The maximum Gasteiger partial charge on any atom is 0.120 e. The van der Waals surface area contributed by atoms with Crippen LogP contribution >= 0.6 is 0 Å². The Morgan fingerprint density at radius 1 is 1.05 bits per heavy atom. The Bertz CT molecular complexity index is 496. The van der Waals surface area contributed by atoms with E-state index in [-0.39, 0.29) is 11.5 Å². The Kier molecular flexibility index (Phi) is 4.66. The number of benzene rings is 1. The molecule has 2 nitrogen and oxygen atoms in total. The van der Waals surface area contributed by atoms with Crippen LogP contribution in [-0.2, 0) is 0 Å². The molecular formula is C18H25NO. The van der Waals surface area contributed by atoms with Crippen molar-refractivity contribution in [1.82, 2.24) is 5.32 Å². The molecule has 108 valence electrons. The fourth-order valence-electron chi connectivity index (χ4n) is 2.49. The predicted octanol–water partition coefficient (Wildman–Crippen LogP) is 5.11. The molecule has 20 heavy (non-hydrogen) atoms. The van der Waals surface area contributed by atoms with Crippen LogP contribution in [0.15, 0.2) is 53.1 Å². The number of rotatable bonds is 5. The molecule has 2 heteroatoms. The lowest BCUT2D eigenvalue weighted by atomic mass is 9.85. The van der Waals surface area contributed by atoms with E-state index in [1.54, 1.807) is 6.26 Å². The summed E-state index contributed by atoms with van der Waals surface area (Å²) in [5.41, 5.74) is 1.61. The molecule has 0 bridgehead atoms. The summed E-state index contributed by atoms with van der Waals surface area (Å²) in [6, 6.07) is 15.2. The van der Waals surface area contributed by atoms with Gasteiger partial charge in [0, 0.05) is 6.04 Å². The molecule has 1 heterocycles. The lowest BCUT2D eigenvalue weighted by molar-refractivity contribution is 0.287. The molecular weight excluding hydrogens is 246 g/mol. The third-order valence-corrected chi connectivity index (χ3v) is 3.44. The van der Waals surface area contributed by atoms with Gasteiger partial charge < -0.3 is 9.73 Å². The van der Waals surface area contributed by atoms with Crippen LogP contribution in [0, 0.1) is 5.41 Å². The van der Waals surface area contributed by atoms with Crippen molar-refractivity contribution in [3.63, 3.8) is 0 Å². The summed E-state index contributed by atoms with van der Waals surface area (Å²) in [6.07, 6.45) is 2.82. The van der Waals surface area contributed by atoms with E-state index in [0.29, 0.717) is 6.04 Å². The molecule has 0 saturated heterocycles. The molecule has 1 unspecified atom stereocenters. The lowest BCUT2D eigenvalue weighted by Crippen LogP contribution is -2.28. The minimum atomic E-state index is 0.206. The van der Waals surface area contributed by atoms with E-state index in [0.717, 1.165) is 12.2 Å². The van der Waals surface area contributed by atoms with Gasteiger partial charge in [-0.15, -0.1) is 0 Å². The molecule has 0 spiro atoms. The zero-order chi connectivity index (χ0) is 14.6. The number of furan rings is 1. The zero-order valence-electron chi connectivity index (χ0n) is 12.9. The number of nitrogens with one attached hydrogen (secondary N) is 1. The Balaban J connectivity index is 2.15. The summed E-state index contributed by atoms with van der Waals surface area (Å²) in [6.45, 7) is 8.99. The highest BCUT2D eigenvalue weighted by molar-refractivity contribution is 5.20. The molecule has 0 radical (unpaired) electrons. The fraction of sp³-hybridized carbons (Fsp3) is 0.444. The molecule has 1 aromatic heterocycles. The van der Waals surface area contributed by atoms with Gasteiger partial charge in [0.15, 0.2) is 0 Å². The molecule has 1 N–H and O–H groups in total. The van der Waals surface area contributed by atoms with E-state index in [1.807, 2.05) is 12.1 Å². The van der Waals surface area contributed by atoms with Crippen molar-refractivity contribution in [3.8, 4) is 0 Å². The van der Waals surface area contributed by atoms with E-state index in [4.69, 9.17) is 4.42 Å². The van der Waals surface area contributed by atoms with Gasteiger partial charge in [-0.25, -0.2) is 0 Å². The van der Waals surface area contributed by atoms with Gasteiger partial charge in [0.2, 0.25) is 0 Å². The van der Waals surface area contributed by atoms with Crippen LogP contribution in [-0.4, -0.2) is 0 Å². The van der Waals surface area contributed by atoms with E-state index in [9.17, 15) is 0 Å². The minimum absolute atomic E-state index is 0.206. The second-order valence-electron chi connectivity index (χ2n) is 6.63. The third kappa shape index (κ3) is 4.24. The van der Waals surface area contributed by atoms with Gasteiger partial charge in [-0.2, -0.15) is 0 Å². The van der Waals surface area contributed by atoms with Crippen molar-refractivity contribution in [2.24, 2.45) is 5.41 Å². The van der Waals surface area contributed by atoms with Crippen molar-refractivity contribution in [2.45, 2.75) is 46.2 Å². The summed E-state index contributed by atoms with van der Waals surface area (Å²) < 4.78 is 5.50. The van der Waals surface area contributed by atoms with Crippen molar-refractivity contribution in [1.29, 1.82) is 0 Å². The first-order valence-corrected chi connectivity index (χ1v) is 7.30. The van der Waals surface area contributed by atoms with Crippen LogP contribution in [0.2, 0.25) is 0 Å². The SMILES string of the molecule is C[C@H](NC(CC(C)(C)C)c1ccccc1)c1ccco1. The second-order valence-corrected chi connectivity index (χ2v) is 6.63. The monoisotopic (exact) mass is 271 g/mol. The molecule has 2 atom stereocenters. The fourth-order valence-corrected chi connectivity index (χ4v) is 2.49. The standard InChI is InChI=1S/C18H25NO/c1-14(17-11-8-12-20-17)19-16(13-18(2,3)4)15-9-6-5-7-10-15/h5-12,14,16,19H,13H2,1-4H3/t14-,16?/m0/s1. The summed E-state index contributed by atoms with van der Waals surface area (Å²) in [4.78, 5) is 0. The van der Waals surface area contributed by atoms with E-state index >= 15 is 0 Å². The molecule has 0 saturated carbocycles. The maximum atomic E-state index is 5.50. The average Bonchev–Trinajstić information content (AvgIpc) is 2.91. The molecule has 1 aromatic carbocycles. The van der Waals surface area contributed by atoms with E-state index in [2.05, 4.69) is 63.3 Å². The number of hydrogen-bond acceptors (Lipinski definition) is 2. The Hall–Kier alpha value is -1.54. The average molecular weight is 271 g/mol. The summed E-state index contributed by atoms with van der Waals surface area (Å²) in [7, 11) is 0. The third-order valence-electron chi connectivity index (χ3n) is 3.44. The van der Waals surface area contributed by atoms with Gasteiger partial charge in [-0.1, -0.05) is 51.1 Å². The molecule has 2 aromatic rings. The number of hydrogen-bond donors (Lipinski definition) is 1. The van der Waals surface area contributed by atoms with Crippen LogP contribution < -0.4 is 5.32 Å². The van der Waals surface area contributed by atoms with E-state index < -0.39 is 0 Å². The van der Waals surface area contributed by atoms with Gasteiger partial charge in [-0.05, 0) is 36.5 Å². The van der Waals surface area contributed by atoms with Gasteiger partial charge in [0.25, 0.3) is 0 Å². The molecule has 0 aliphatic heterocycles. The van der Waals surface area contributed by atoms with Crippen LogP contribution in [0.3, 0.4) is 0 Å². The topological polar surface area (TPSA) is 25.2 Å². The van der Waals surface area contributed by atoms with Gasteiger partial charge in [0.1, 0.15) is 5.76 Å². The van der Waals surface area contributed by atoms with Crippen molar-refractivity contribution in [3.05, 3.63) is 60.1 Å². The summed E-state index contributed by atoms with van der Waals surface area (Å²) >= 11 is 0. The van der Waals surface area contributed by atoms with Crippen molar-refractivity contribution < 1.29 is 4.42 Å². The van der Waals surface area contributed by atoms with Crippen molar-refractivity contribution >= 4 is 0 Å². The van der Waals surface area contributed by atoms with E-state index in [1.165, 1.54) is 5.56 Å². The first-order valence-electron chi connectivity index (χ1n) is 7.30. The Morgan fingerprint density at radius 3 is 2.30 bits per heavy atom. The van der Waals surface area contributed by atoms with Crippen LogP contribution in [0.4, 0.5) is 0 Å². The Labute approximate surface area is 122 Å². The molecule has 0 aliphatic rings. The highest BCUT2D eigenvalue weighted by Crippen LogP contribution is 2.31. The normalized spacial score (nSPS) is 15.0. The quantitative estimate of drug-likeness (QED) is 0.817. The zero-order valence-corrected chi connectivity index (χ0v) is 12.9. The molecule has 0 fully saturated rings. The van der Waals surface area contributed by atoms with Crippen molar-refractivity contribution in [2.75, 3.05) is 0 Å². The van der Waals surface area contributed by atoms with Crippen LogP contribution in [0.25, 0.3) is 0 Å². The smallest absolute Gasteiger partial charge is 0.120 e. The highest BCUT2D eigenvalue weighted by atomic mass is 16.3. The highest BCUT2D eigenvalue weighted by Gasteiger charge is 2.22. The lowest BCUT2D eigenvalue weighted by Gasteiger charge is -2.29. The van der Waals surface area contributed by atoms with Gasteiger partial charge in [-0.3, -0.25) is 0 Å².